The zero-order chi connectivity index (χ0) is 19.1. The molecule has 0 unspecified atom stereocenters. The van der Waals surface area contributed by atoms with E-state index in [9.17, 15) is 5.21 Å². The summed E-state index contributed by atoms with van der Waals surface area (Å²) >= 11 is 0. The van der Waals surface area contributed by atoms with Crippen molar-refractivity contribution in [3.05, 3.63) is 83.4 Å². The minimum absolute atomic E-state index is 0.457. The van der Waals surface area contributed by atoms with Crippen LogP contribution in [0.1, 0.15) is 22.4 Å². The molecule has 138 valence electrons. The summed E-state index contributed by atoms with van der Waals surface area (Å²) in [5, 5.41) is 13.1. The number of ether oxygens (including phenoxy) is 2. The molecule has 2 aromatic heterocycles. The number of pyridine rings is 2. The molecule has 0 aliphatic carbocycles. The van der Waals surface area contributed by atoms with E-state index < -0.39 is 0 Å². The predicted octanol–water partition coefficient (Wildman–Crippen LogP) is 3.51. The lowest BCUT2D eigenvalue weighted by Gasteiger charge is -2.12. The van der Waals surface area contributed by atoms with Gasteiger partial charge in [0.1, 0.15) is 5.71 Å². The summed E-state index contributed by atoms with van der Waals surface area (Å²) in [7, 11) is 3.24. The minimum atomic E-state index is 0.457. The molecule has 0 fully saturated rings. The second kappa shape index (κ2) is 8.80. The van der Waals surface area contributed by atoms with Crippen molar-refractivity contribution >= 4 is 5.71 Å². The maximum absolute atomic E-state index is 9.57. The van der Waals surface area contributed by atoms with Crippen molar-refractivity contribution in [1.82, 2.24) is 9.97 Å². The highest BCUT2D eigenvalue weighted by atomic mass is 16.5. The van der Waals surface area contributed by atoms with Crippen molar-refractivity contribution in [2.75, 3.05) is 14.2 Å². The summed E-state index contributed by atoms with van der Waals surface area (Å²) in [6.45, 7) is 0. The maximum Gasteiger partial charge on any atom is 0.160 e. The maximum atomic E-state index is 9.57. The van der Waals surface area contributed by atoms with Crippen molar-refractivity contribution in [1.29, 1.82) is 0 Å². The van der Waals surface area contributed by atoms with Crippen molar-refractivity contribution in [3.8, 4) is 11.5 Å². The summed E-state index contributed by atoms with van der Waals surface area (Å²) in [4.78, 5) is 8.60. The monoisotopic (exact) mass is 363 g/mol. The molecule has 0 spiro atoms. The van der Waals surface area contributed by atoms with Crippen LogP contribution in [0.2, 0.25) is 0 Å². The fourth-order valence-corrected chi connectivity index (χ4v) is 2.92. The molecule has 3 rings (SSSR count). The average molecular weight is 363 g/mol. The molecule has 6 nitrogen and oxygen atoms in total. The van der Waals surface area contributed by atoms with Crippen molar-refractivity contribution in [3.63, 3.8) is 0 Å². The molecular weight excluding hydrogens is 342 g/mol. The van der Waals surface area contributed by atoms with Crippen LogP contribution < -0.4 is 9.47 Å². The van der Waals surface area contributed by atoms with Gasteiger partial charge < -0.3 is 14.7 Å². The van der Waals surface area contributed by atoms with Gasteiger partial charge >= 0.3 is 0 Å². The number of hydrogen-bond donors (Lipinski definition) is 1. The van der Waals surface area contributed by atoms with Gasteiger partial charge in [0, 0.05) is 29.7 Å². The summed E-state index contributed by atoms with van der Waals surface area (Å²) < 4.78 is 10.6. The third-order valence-electron chi connectivity index (χ3n) is 4.28. The molecule has 0 saturated heterocycles. The Morgan fingerprint density at radius 1 is 1.00 bits per heavy atom. The number of nitrogens with zero attached hydrogens (tertiary/aromatic N) is 3. The molecule has 6 heteroatoms. The Bertz CT molecular complexity index is 927. The van der Waals surface area contributed by atoms with E-state index >= 15 is 0 Å². The quantitative estimate of drug-likeness (QED) is 0.395. The lowest BCUT2D eigenvalue weighted by atomic mass is 9.98. The Labute approximate surface area is 158 Å². The zero-order valence-electron chi connectivity index (χ0n) is 15.3. The number of hydrogen-bond acceptors (Lipinski definition) is 6. The summed E-state index contributed by atoms with van der Waals surface area (Å²) in [6, 6.07) is 13.3. The molecule has 1 aromatic carbocycles. The lowest BCUT2D eigenvalue weighted by molar-refractivity contribution is 0.319. The highest BCUT2D eigenvalue weighted by Crippen LogP contribution is 2.28. The standard InChI is InChI=1S/C21H21N3O3/c1-26-19-10-8-15(13-20(19)27-2)7-9-18-17(6-4-12-23-18)21(24-25)16-5-3-11-22-14-16/h3-6,8,10-14,25H,7,9H2,1-2H3. The van der Waals surface area contributed by atoms with Crippen LogP contribution >= 0.6 is 0 Å². The van der Waals surface area contributed by atoms with E-state index in [-0.39, 0.29) is 0 Å². The van der Waals surface area contributed by atoms with Crippen molar-refractivity contribution < 1.29 is 14.7 Å². The van der Waals surface area contributed by atoms with Crippen LogP contribution in [-0.4, -0.2) is 35.1 Å². The molecule has 2 heterocycles. The van der Waals surface area contributed by atoms with Crippen LogP contribution in [0.15, 0.2) is 66.2 Å². The topological polar surface area (TPSA) is 76.8 Å². The molecule has 0 atom stereocenters. The van der Waals surface area contributed by atoms with Crippen LogP contribution in [0.3, 0.4) is 0 Å². The molecule has 0 saturated carbocycles. The van der Waals surface area contributed by atoms with E-state index in [1.807, 2.05) is 36.4 Å². The van der Waals surface area contributed by atoms with Gasteiger partial charge in [-0.25, -0.2) is 0 Å². The van der Waals surface area contributed by atoms with Gasteiger partial charge in [-0.1, -0.05) is 11.2 Å². The first kappa shape index (κ1) is 18.4. The molecule has 1 N–H and O–H groups in total. The first-order chi connectivity index (χ1) is 13.3. The third-order valence-corrected chi connectivity index (χ3v) is 4.28. The molecule has 0 aliphatic heterocycles. The Hall–Kier alpha value is -3.41. The highest BCUT2D eigenvalue weighted by molar-refractivity contribution is 6.13. The van der Waals surface area contributed by atoms with E-state index in [4.69, 9.17) is 9.47 Å². The molecule has 0 bridgehead atoms. The molecule has 27 heavy (non-hydrogen) atoms. The van der Waals surface area contributed by atoms with Gasteiger partial charge in [0.15, 0.2) is 11.5 Å². The van der Waals surface area contributed by atoms with E-state index in [1.54, 1.807) is 38.9 Å². The van der Waals surface area contributed by atoms with Crippen molar-refractivity contribution in [2.45, 2.75) is 12.8 Å². The molecule has 3 aromatic rings. The molecule has 0 radical (unpaired) electrons. The van der Waals surface area contributed by atoms with E-state index in [0.29, 0.717) is 23.6 Å². The van der Waals surface area contributed by atoms with Gasteiger partial charge in [-0.2, -0.15) is 0 Å². The number of oxime groups is 1. The van der Waals surface area contributed by atoms with Gasteiger partial charge in [-0.15, -0.1) is 0 Å². The van der Waals surface area contributed by atoms with Gasteiger partial charge in [-0.3, -0.25) is 9.97 Å². The second-order valence-corrected chi connectivity index (χ2v) is 5.88. The first-order valence-corrected chi connectivity index (χ1v) is 8.54. The Kier molecular flexibility index (Phi) is 5.99. The van der Waals surface area contributed by atoms with E-state index in [1.165, 1.54) is 0 Å². The van der Waals surface area contributed by atoms with Gasteiger partial charge in [0.25, 0.3) is 0 Å². The van der Waals surface area contributed by atoms with Gasteiger partial charge in [0.2, 0.25) is 0 Å². The van der Waals surface area contributed by atoms with E-state index in [0.717, 1.165) is 28.8 Å². The fourth-order valence-electron chi connectivity index (χ4n) is 2.92. The van der Waals surface area contributed by atoms with Crippen LogP contribution in [0.25, 0.3) is 0 Å². The second-order valence-electron chi connectivity index (χ2n) is 5.88. The summed E-state index contributed by atoms with van der Waals surface area (Å²) in [5.41, 5.74) is 3.93. The largest absolute Gasteiger partial charge is 0.493 e. The normalized spacial score (nSPS) is 11.3. The Balaban J connectivity index is 1.85. The summed E-state index contributed by atoms with van der Waals surface area (Å²) in [5.74, 6) is 1.40. The number of aryl methyl sites for hydroxylation is 2. The third kappa shape index (κ3) is 4.23. The predicted molar refractivity (Wildman–Crippen MR) is 103 cm³/mol. The van der Waals surface area contributed by atoms with Crippen LogP contribution in [-0.2, 0) is 12.8 Å². The zero-order valence-corrected chi connectivity index (χ0v) is 15.3. The highest BCUT2D eigenvalue weighted by Gasteiger charge is 2.14. The number of rotatable bonds is 7. The molecular formula is C21H21N3O3. The van der Waals surface area contributed by atoms with Gasteiger partial charge in [0.05, 0.1) is 19.9 Å². The minimum Gasteiger partial charge on any atom is -0.493 e. The van der Waals surface area contributed by atoms with Crippen molar-refractivity contribution in [2.24, 2.45) is 5.16 Å². The SMILES string of the molecule is COc1ccc(CCc2ncccc2C(=NO)c2cccnc2)cc1OC. The van der Waals surface area contributed by atoms with Gasteiger partial charge in [-0.05, 0) is 54.8 Å². The van der Waals surface area contributed by atoms with Crippen LogP contribution in [0, 0.1) is 0 Å². The number of benzene rings is 1. The number of methoxy groups -OCH3 is 2. The Morgan fingerprint density at radius 3 is 2.52 bits per heavy atom. The van der Waals surface area contributed by atoms with Crippen LogP contribution in [0.4, 0.5) is 0 Å². The lowest BCUT2D eigenvalue weighted by Crippen LogP contribution is -2.10. The smallest absolute Gasteiger partial charge is 0.160 e. The average Bonchev–Trinajstić information content (AvgIpc) is 2.74. The Morgan fingerprint density at radius 2 is 1.81 bits per heavy atom. The summed E-state index contributed by atoms with van der Waals surface area (Å²) in [6.07, 6.45) is 6.53. The first-order valence-electron chi connectivity index (χ1n) is 8.54. The molecule has 0 aliphatic rings. The van der Waals surface area contributed by atoms with Crippen LogP contribution in [0.5, 0.6) is 11.5 Å². The number of aromatic nitrogens is 2. The molecule has 0 amide bonds. The van der Waals surface area contributed by atoms with E-state index in [2.05, 4.69) is 15.1 Å². The fraction of sp³-hybridized carbons (Fsp3) is 0.190.